The van der Waals surface area contributed by atoms with Crippen LogP contribution in [-0.2, 0) is 16.0 Å². The molecule has 2 heterocycles. The normalized spacial score (nSPS) is 30.9. The standard InChI is InChI=1S/C21H16N2O2/c24-20-17-15-11-6-2-1-5-10(11)9-13(15)19-16(18(17)21(25)23-20)12-7-3-4-8-14(12)22-19/h1-8,16-19,22H,9H2,(H,23,24,25). The highest BCUT2D eigenvalue weighted by Gasteiger charge is 2.58. The first-order valence-electron chi connectivity index (χ1n) is 8.75. The molecule has 25 heavy (non-hydrogen) atoms. The zero-order chi connectivity index (χ0) is 16.7. The van der Waals surface area contributed by atoms with Gasteiger partial charge in [-0.1, -0.05) is 42.5 Å². The lowest BCUT2D eigenvalue weighted by atomic mass is 9.66. The van der Waals surface area contributed by atoms with Gasteiger partial charge in [-0.25, -0.2) is 0 Å². The Hall–Kier alpha value is -2.88. The van der Waals surface area contributed by atoms with Crippen molar-refractivity contribution in [2.24, 2.45) is 11.8 Å². The Labute approximate surface area is 144 Å². The van der Waals surface area contributed by atoms with Gasteiger partial charge in [0.2, 0.25) is 11.8 Å². The Kier molecular flexibility index (Phi) is 2.36. The average Bonchev–Trinajstić information content (AvgIpc) is 3.26. The smallest absolute Gasteiger partial charge is 0.234 e. The molecule has 0 spiro atoms. The molecule has 0 radical (unpaired) electrons. The summed E-state index contributed by atoms with van der Waals surface area (Å²) < 4.78 is 0. The molecule has 0 aromatic heterocycles. The second kappa shape index (κ2) is 4.39. The molecule has 2 aromatic carbocycles. The van der Waals surface area contributed by atoms with Crippen LogP contribution < -0.4 is 10.6 Å². The molecule has 2 aliphatic carbocycles. The van der Waals surface area contributed by atoms with E-state index in [0.29, 0.717) is 0 Å². The lowest BCUT2D eigenvalue weighted by molar-refractivity contribution is -0.126. The van der Waals surface area contributed by atoms with Gasteiger partial charge in [-0.3, -0.25) is 14.9 Å². The summed E-state index contributed by atoms with van der Waals surface area (Å²) in [5, 5.41) is 6.25. The summed E-state index contributed by atoms with van der Waals surface area (Å²) in [6.45, 7) is 0. The number of carbonyl (C=O) groups excluding carboxylic acids is 2. The fraction of sp³-hybridized carbons (Fsp3) is 0.238. The number of imide groups is 1. The van der Waals surface area contributed by atoms with Gasteiger partial charge in [-0.2, -0.15) is 0 Å². The number of amides is 2. The molecule has 4 heteroatoms. The highest BCUT2D eigenvalue weighted by molar-refractivity contribution is 6.13. The molecule has 1 saturated heterocycles. The topological polar surface area (TPSA) is 58.2 Å². The van der Waals surface area contributed by atoms with Gasteiger partial charge >= 0.3 is 0 Å². The van der Waals surface area contributed by atoms with Crippen molar-refractivity contribution in [2.45, 2.75) is 18.4 Å². The van der Waals surface area contributed by atoms with Gasteiger partial charge in [0, 0.05) is 11.6 Å². The van der Waals surface area contributed by atoms with E-state index in [-0.39, 0.29) is 35.6 Å². The van der Waals surface area contributed by atoms with E-state index in [1.54, 1.807) is 0 Å². The number of nitrogens with one attached hydrogen (secondary N) is 2. The van der Waals surface area contributed by atoms with Crippen LogP contribution in [0.5, 0.6) is 0 Å². The van der Waals surface area contributed by atoms with E-state index >= 15 is 0 Å². The molecule has 2 aliphatic heterocycles. The summed E-state index contributed by atoms with van der Waals surface area (Å²) in [6.07, 6.45) is 0.859. The maximum atomic E-state index is 12.7. The number of hydrogen-bond donors (Lipinski definition) is 2. The van der Waals surface area contributed by atoms with Crippen molar-refractivity contribution in [3.8, 4) is 0 Å². The van der Waals surface area contributed by atoms with E-state index in [0.717, 1.165) is 28.8 Å². The molecular weight excluding hydrogens is 312 g/mol. The second-order valence-electron chi connectivity index (χ2n) is 7.36. The van der Waals surface area contributed by atoms with Gasteiger partial charge in [0.15, 0.2) is 0 Å². The molecule has 0 bridgehead atoms. The van der Waals surface area contributed by atoms with Crippen molar-refractivity contribution in [3.05, 3.63) is 70.8 Å². The van der Waals surface area contributed by atoms with Gasteiger partial charge in [0.05, 0.1) is 17.9 Å². The Morgan fingerprint density at radius 3 is 2.60 bits per heavy atom. The lowest BCUT2D eigenvalue weighted by Crippen LogP contribution is -2.39. The van der Waals surface area contributed by atoms with E-state index in [4.69, 9.17) is 0 Å². The van der Waals surface area contributed by atoms with Crippen LogP contribution in [0.2, 0.25) is 0 Å². The number of para-hydroxylation sites is 1. The second-order valence-corrected chi connectivity index (χ2v) is 7.36. The summed E-state index contributed by atoms with van der Waals surface area (Å²) in [5.41, 5.74) is 7.03. The molecule has 122 valence electrons. The molecule has 6 rings (SSSR count). The van der Waals surface area contributed by atoms with Gasteiger partial charge in [-0.05, 0) is 40.3 Å². The molecule has 4 atom stereocenters. The molecule has 1 fully saturated rings. The highest BCUT2D eigenvalue weighted by atomic mass is 16.2. The predicted octanol–water partition coefficient (Wildman–Crippen LogP) is 2.48. The molecule has 4 unspecified atom stereocenters. The van der Waals surface area contributed by atoms with Gasteiger partial charge in [-0.15, -0.1) is 0 Å². The van der Waals surface area contributed by atoms with E-state index in [9.17, 15) is 9.59 Å². The molecule has 2 N–H and O–H groups in total. The van der Waals surface area contributed by atoms with Crippen LogP contribution in [0, 0.1) is 11.8 Å². The third-order valence-electron chi connectivity index (χ3n) is 6.29. The summed E-state index contributed by atoms with van der Waals surface area (Å²) in [4.78, 5) is 25.4. The van der Waals surface area contributed by atoms with Crippen molar-refractivity contribution in [1.82, 2.24) is 5.32 Å². The van der Waals surface area contributed by atoms with Crippen LogP contribution >= 0.6 is 0 Å². The number of hydrogen-bond acceptors (Lipinski definition) is 3. The fourth-order valence-electron chi connectivity index (χ4n) is 5.39. The first kappa shape index (κ1) is 13.4. The number of benzene rings is 2. The molecule has 2 amide bonds. The maximum absolute atomic E-state index is 12.7. The lowest BCUT2D eigenvalue weighted by Gasteiger charge is -2.35. The zero-order valence-corrected chi connectivity index (χ0v) is 13.5. The largest absolute Gasteiger partial charge is 0.378 e. The molecule has 4 nitrogen and oxygen atoms in total. The fourth-order valence-corrected chi connectivity index (χ4v) is 5.39. The van der Waals surface area contributed by atoms with Crippen molar-refractivity contribution >= 4 is 23.1 Å². The van der Waals surface area contributed by atoms with Crippen LogP contribution in [-0.4, -0.2) is 17.9 Å². The number of carbonyl (C=O) groups is 2. The Bertz CT molecular complexity index is 1010. The van der Waals surface area contributed by atoms with Crippen LogP contribution in [0.4, 0.5) is 5.69 Å². The molecule has 0 saturated carbocycles. The van der Waals surface area contributed by atoms with Crippen molar-refractivity contribution < 1.29 is 9.59 Å². The maximum Gasteiger partial charge on any atom is 0.234 e. The third kappa shape index (κ3) is 1.53. The van der Waals surface area contributed by atoms with E-state index < -0.39 is 0 Å². The summed E-state index contributed by atoms with van der Waals surface area (Å²) >= 11 is 0. The Morgan fingerprint density at radius 1 is 0.880 bits per heavy atom. The van der Waals surface area contributed by atoms with Crippen molar-refractivity contribution in [1.29, 1.82) is 0 Å². The summed E-state index contributed by atoms with van der Waals surface area (Å²) in [5.74, 6) is -0.916. The molecular formula is C21H16N2O2. The van der Waals surface area contributed by atoms with Crippen molar-refractivity contribution in [2.75, 3.05) is 5.32 Å². The minimum Gasteiger partial charge on any atom is -0.378 e. The van der Waals surface area contributed by atoms with E-state index in [1.165, 1.54) is 11.1 Å². The van der Waals surface area contributed by atoms with Crippen LogP contribution in [0.1, 0.15) is 22.6 Å². The summed E-state index contributed by atoms with van der Waals surface area (Å²) in [6, 6.07) is 16.6. The first-order valence-corrected chi connectivity index (χ1v) is 8.75. The minimum absolute atomic E-state index is 0.0284. The first-order chi connectivity index (χ1) is 12.2. The number of rotatable bonds is 0. The minimum atomic E-state index is -0.361. The Morgan fingerprint density at radius 2 is 1.68 bits per heavy atom. The van der Waals surface area contributed by atoms with Gasteiger partial charge < -0.3 is 5.32 Å². The van der Waals surface area contributed by atoms with Crippen molar-refractivity contribution in [3.63, 3.8) is 0 Å². The predicted molar refractivity (Wildman–Crippen MR) is 93.8 cm³/mol. The van der Waals surface area contributed by atoms with E-state index in [2.05, 4.69) is 34.9 Å². The van der Waals surface area contributed by atoms with Crippen LogP contribution in [0.25, 0.3) is 5.57 Å². The summed E-state index contributed by atoms with van der Waals surface area (Å²) in [7, 11) is 0. The van der Waals surface area contributed by atoms with Crippen LogP contribution in [0.15, 0.2) is 54.1 Å². The zero-order valence-electron chi connectivity index (χ0n) is 13.5. The molecule has 2 aromatic rings. The monoisotopic (exact) mass is 328 g/mol. The molecule has 4 aliphatic rings. The number of anilines is 1. The quantitative estimate of drug-likeness (QED) is 0.731. The highest BCUT2D eigenvalue weighted by Crippen LogP contribution is 2.57. The average molecular weight is 328 g/mol. The Balaban J connectivity index is 1.62. The third-order valence-corrected chi connectivity index (χ3v) is 6.29. The van der Waals surface area contributed by atoms with Gasteiger partial charge in [0.1, 0.15) is 0 Å². The van der Waals surface area contributed by atoms with E-state index in [1.807, 2.05) is 24.3 Å². The SMILES string of the molecule is O=C1NC(=O)C2C1C1=C(Cc3ccccc31)C1Nc3ccccc3C12. The number of fused-ring (bicyclic) bond motifs is 9. The van der Waals surface area contributed by atoms with Gasteiger partial charge in [0.25, 0.3) is 0 Å². The van der Waals surface area contributed by atoms with Crippen LogP contribution in [0.3, 0.4) is 0 Å².